The van der Waals surface area contributed by atoms with Gasteiger partial charge in [-0.3, -0.25) is 9.98 Å². The van der Waals surface area contributed by atoms with E-state index in [9.17, 15) is 0 Å². The smallest absolute Gasteiger partial charge is 0.205 e. The number of rotatable bonds is 0. The van der Waals surface area contributed by atoms with Crippen LogP contribution in [0.5, 0.6) is 0 Å². The van der Waals surface area contributed by atoms with Crippen molar-refractivity contribution in [2.75, 3.05) is 18.5 Å². The zero-order valence-electron chi connectivity index (χ0n) is 9.25. The predicted octanol–water partition coefficient (Wildman–Crippen LogP) is 1.08. The molecule has 0 radical (unpaired) electrons. The maximum Gasteiger partial charge on any atom is 0.205 e. The number of nitrogens with zero attached hydrogens (tertiary/aromatic N) is 2. The first-order valence-electron chi connectivity index (χ1n) is 5.76. The molecule has 0 unspecified atom stereocenters. The molecule has 0 aliphatic carbocycles. The van der Waals surface area contributed by atoms with Crippen LogP contribution in [0.25, 0.3) is 10.2 Å². The van der Waals surface area contributed by atoms with Crippen molar-refractivity contribution < 1.29 is 4.74 Å². The summed E-state index contributed by atoms with van der Waals surface area (Å²) in [7, 11) is 0. The summed E-state index contributed by atoms with van der Waals surface area (Å²) in [6.45, 7) is 3.16. The molecule has 0 bridgehead atoms. The van der Waals surface area contributed by atoms with E-state index in [2.05, 4.69) is 10.3 Å². The Morgan fingerprint density at radius 3 is 3.35 bits per heavy atom. The second-order valence-electron chi connectivity index (χ2n) is 4.35. The molecule has 0 fully saturated rings. The summed E-state index contributed by atoms with van der Waals surface area (Å²) in [5.41, 5.74) is 1.89. The molecule has 2 N–H and O–H groups in total. The lowest BCUT2D eigenvalue weighted by molar-refractivity contribution is 0.114. The van der Waals surface area contributed by atoms with Gasteiger partial charge in [0.25, 0.3) is 0 Å². The molecule has 4 heterocycles. The van der Waals surface area contributed by atoms with E-state index >= 15 is 0 Å². The van der Waals surface area contributed by atoms with Crippen molar-refractivity contribution in [3.8, 4) is 0 Å². The molecule has 2 aromatic rings. The third-order valence-electron chi connectivity index (χ3n) is 3.39. The quantitative estimate of drug-likeness (QED) is 0.733. The SMILES string of the molecule is N=c1c2c3c(sc2nc2n1CCN2)COCC3. The summed E-state index contributed by atoms with van der Waals surface area (Å²) in [6.07, 6.45) is 0.912. The van der Waals surface area contributed by atoms with E-state index in [0.29, 0.717) is 12.1 Å². The van der Waals surface area contributed by atoms with Gasteiger partial charge in [-0.2, -0.15) is 0 Å². The molecule has 0 saturated carbocycles. The first-order chi connectivity index (χ1) is 8.34. The van der Waals surface area contributed by atoms with Crippen LogP contribution in [0, 0.1) is 5.41 Å². The molecular weight excluding hydrogens is 236 g/mol. The van der Waals surface area contributed by atoms with E-state index in [4.69, 9.17) is 10.1 Å². The average molecular weight is 248 g/mol. The Bertz CT molecular complexity index is 672. The minimum atomic E-state index is 0.606. The Morgan fingerprint density at radius 1 is 1.47 bits per heavy atom. The molecular formula is C11H12N4OS. The third-order valence-corrected chi connectivity index (χ3v) is 4.49. The van der Waals surface area contributed by atoms with Gasteiger partial charge >= 0.3 is 0 Å². The van der Waals surface area contributed by atoms with E-state index in [1.807, 2.05) is 4.57 Å². The fourth-order valence-corrected chi connectivity index (χ4v) is 3.73. The Labute approximate surface area is 102 Å². The van der Waals surface area contributed by atoms with Crippen molar-refractivity contribution in [2.24, 2.45) is 0 Å². The minimum absolute atomic E-state index is 0.606. The number of thiophene rings is 1. The summed E-state index contributed by atoms with van der Waals surface area (Å²) in [6, 6.07) is 0. The van der Waals surface area contributed by atoms with Crippen LogP contribution >= 0.6 is 11.3 Å². The van der Waals surface area contributed by atoms with Crippen molar-refractivity contribution in [3.63, 3.8) is 0 Å². The number of fused-ring (bicyclic) bond motifs is 4. The largest absolute Gasteiger partial charge is 0.376 e. The molecule has 0 amide bonds. The Morgan fingerprint density at radius 2 is 2.41 bits per heavy atom. The van der Waals surface area contributed by atoms with Crippen molar-refractivity contribution in [2.45, 2.75) is 19.6 Å². The monoisotopic (exact) mass is 248 g/mol. The highest BCUT2D eigenvalue weighted by molar-refractivity contribution is 7.18. The van der Waals surface area contributed by atoms with Gasteiger partial charge in [0.1, 0.15) is 10.3 Å². The van der Waals surface area contributed by atoms with Gasteiger partial charge in [-0.1, -0.05) is 0 Å². The van der Waals surface area contributed by atoms with E-state index in [0.717, 1.165) is 42.3 Å². The molecule has 2 aromatic heterocycles. The highest BCUT2D eigenvalue weighted by atomic mass is 32.1. The van der Waals surface area contributed by atoms with Crippen LogP contribution in [0.1, 0.15) is 10.4 Å². The standard InChI is InChI=1S/C11H12N4OS/c12-9-8-6-1-4-16-5-7(6)17-10(8)14-11-13-2-3-15(9)11/h12H,1-5H2,(H,13,14). The molecule has 6 heteroatoms. The lowest BCUT2D eigenvalue weighted by atomic mass is 10.1. The molecule has 17 heavy (non-hydrogen) atoms. The number of ether oxygens (including phenoxy) is 1. The summed E-state index contributed by atoms with van der Waals surface area (Å²) in [5, 5.41) is 12.6. The molecule has 0 aromatic carbocycles. The first kappa shape index (κ1) is 9.61. The van der Waals surface area contributed by atoms with Gasteiger partial charge in [0.15, 0.2) is 0 Å². The van der Waals surface area contributed by atoms with Crippen molar-refractivity contribution >= 4 is 27.5 Å². The number of anilines is 1. The van der Waals surface area contributed by atoms with E-state index < -0.39 is 0 Å². The number of aromatic nitrogens is 2. The minimum Gasteiger partial charge on any atom is -0.376 e. The van der Waals surface area contributed by atoms with E-state index in [1.54, 1.807) is 11.3 Å². The topological polar surface area (TPSA) is 62.9 Å². The number of hydrogen-bond donors (Lipinski definition) is 2. The molecule has 88 valence electrons. The van der Waals surface area contributed by atoms with Crippen LogP contribution in [0.2, 0.25) is 0 Å². The predicted molar refractivity (Wildman–Crippen MR) is 65.3 cm³/mol. The fraction of sp³-hybridized carbons (Fsp3) is 0.455. The summed E-state index contributed by atoms with van der Waals surface area (Å²) in [5.74, 6) is 0.835. The molecule has 2 aliphatic rings. The van der Waals surface area contributed by atoms with Gasteiger partial charge < -0.3 is 10.1 Å². The maximum atomic E-state index is 8.33. The molecule has 4 rings (SSSR count). The molecule has 0 atom stereocenters. The van der Waals surface area contributed by atoms with Crippen molar-refractivity contribution in [3.05, 3.63) is 15.9 Å². The van der Waals surface area contributed by atoms with Crippen LogP contribution in [-0.2, 0) is 24.3 Å². The summed E-state index contributed by atoms with van der Waals surface area (Å²) < 4.78 is 7.43. The summed E-state index contributed by atoms with van der Waals surface area (Å²) in [4.78, 5) is 6.84. The highest BCUT2D eigenvalue weighted by Gasteiger charge is 2.22. The number of hydrogen-bond acceptors (Lipinski definition) is 5. The second kappa shape index (κ2) is 3.30. The molecule has 5 nitrogen and oxygen atoms in total. The summed E-state index contributed by atoms with van der Waals surface area (Å²) >= 11 is 1.67. The highest BCUT2D eigenvalue weighted by Crippen LogP contribution is 2.32. The lowest BCUT2D eigenvalue weighted by Gasteiger charge is -2.11. The molecule has 0 saturated heterocycles. The lowest BCUT2D eigenvalue weighted by Crippen LogP contribution is -2.20. The van der Waals surface area contributed by atoms with E-state index in [1.165, 1.54) is 10.4 Å². The zero-order chi connectivity index (χ0) is 11.4. The van der Waals surface area contributed by atoms with Crippen molar-refractivity contribution in [1.82, 2.24) is 9.55 Å². The average Bonchev–Trinajstić information content (AvgIpc) is 2.92. The van der Waals surface area contributed by atoms with Gasteiger partial charge in [0, 0.05) is 18.0 Å². The molecule has 0 spiro atoms. The maximum absolute atomic E-state index is 8.33. The van der Waals surface area contributed by atoms with Crippen molar-refractivity contribution in [1.29, 1.82) is 5.41 Å². The van der Waals surface area contributed by atoms with Crippen LogP contribution < -0.4 is 10.8 Å². The van der Waals surface area contributed by atoms with Gasteiger partial charge in [0.2, 0.25) is 5.95 Å². The molecule has 2 aliphatic heterocycles. The first-order valence-corrected chi connectivity index (χ1v) is 6.57. The van der Waals surface area contributed by atoms with Crippen LogP contribution in [0.4, 0.5) is 5.95 Å². The van der Waals surface area contributed by atoms with E-state index in [-0.39, 0.29) is 0 Å². The third kappa shape index (κ3) is 1.22. The normalized spacial score (nSPS) is 17.9. The van der Waals surface area contributed by atoms with Crippen LogP contribution in [-0.4, -0.2) is 22.7 Å². The van der Waals surface area contributed by atoms with Gasteiger partial charge in [-0.25, -0.2) is 4.98 Å². The Kier molecular flexibility index (Phi) is 1.87. The fourth-order valence-electron chi connectivity index (χ4n) is 2.57. The number of nitrogens with one attached hydrogen (secondary N) is 2. The Hall–Kier alpha value is -1.40. The Balaban J connectivity index is 2.12. The second-order valence-corrected chi connectivity index (χ2v) is 5.43. The zero-order valence-corrected chi connectivity index (χ0v) is 10.1. The van der Waals surface area contributed by atoms with Gasteiger partial charge in [-0.05, 0) is 12.0 Å². The van der Waals surface area contributed by atoms with Crippen LogP contribution in [0.3, 0.4) is 0 Å². The van der Waals surface area contributed by atoms with Crippen LogP contribution in [0.15, 0.2) is 0 Å². The van der Waals surface area contributed by atoms with Gasteiger partial charge in [-0.15, -0.1) is 11.3 Å². The van der Waals surface area contributed by atoms with Gasteiger partial charge in [0.05, 0.1) is 18.6 Å².